The lowest BCUT2D eigenvalue weighted by atomic mass is 9.79. The Morgan fingerprint density at radius 2 is 2.12 bits per heavy atom. The normalized spacial score (nSPS) is 31.7. The Labute approximate surface area is 99.3 Å². The minimum absolute atomic E-state index is 0.101. The van der Waals surface area contributed by atoms with Crippen molar-refractivity contribution in [3.05, 3.63) is 0 Å². The summed E-state index contributed by atoms with van der Waals surface area (Å²) in [6, 6.07) is 0. The van der Waals surface area contributed by atoms with Crippen LogP contribution in [0.3, 0.4) is 0 Å². The molecule has 0 amide bonds. The van der Waals surface area contributed by atoms with Crippen LogP contribution in [0.25, 0.3) is 0 Å². The molecule has 1 aliphatic carbocycles. The largest absolute Gasteiger partial charge is 0.396 e. The highest BCUT2D eigenvalue weighted by Gasteiger charge is 2.32. The lowest BCUT2D eigenvalue weighted by molar-refractivity contribution is -0.0139. The van der Waals surface area contributed by atoms with Crippen LogP contribution in [-0.2, 0) is 0 Å². The Balaban J connectivity index is 2.31. The van der Waals surface area contributed by atoms with Crippen LogP contribution in [0.2, 0.25) is 0 Å². The van der Waals surface area contributed by atoms with E-state index in [1.54, 1.807) is 0 Å². The van der Waals surface area contributed by atoms with Gasteiger partial charge in [-0.1, -0.05) is 33.6 Å². The summed E-state index contributed by atoms with van der Waals surface area (Å²) in [7, 11) is 0. The highest BCUT2D eigenvalue weighted by Crippen LogP contribution is 2.31. The molecule has 3 N–H and O–H groups in total. The van der Waals surface area contributed by atoms with E-state index >= 15 is 0 Å². The van der Waals surface area contributed by atoms with Crippen molar-refractivity contribution in [1.29, 1.82) is 0 Å². The molecule has 2 atom stereocenters. The van der Waals surface area contributed by atoms with Crippen LogP contribution in [0.5, 0.6) is 0 Å². The van der Waals surface area contributed by atoms with E-state index in [9.17, 15) is 5.11 Å². The first kappa shape index (κ1) is 13.9. The molecular weight excluding hydrogens is 202 g/mol. The lowest BCUT2D eigenvalue weighted by Gasteiger charge is -2.36. The molecule has 0 heterocycles. The molecule has 3 nitrogen and oxygen atoms in total. The fourth-order valence-electron chi connectivity index (χ4n) is 2.48. The van der Waals surface area contributed by atoms with Crippen molar-refractivity contribution in [2.24, 2.45) is 11.3 Å². The molecule has 16 heavy (non-hydrogen) atoms. The molecule has 1 fully saturated rings. The summed E-state index contributed by atoms with van der Waals surface area (Å²) >= 11 is 0. The number of hydrogen-bond donors (Lipinski definition) is 3. The number of aliphatic hydroxyl groups is 2. The van der Waals surface area contributed by atoms with Gasteiger partial charge in [0.25, 0.3) is 0 Å². The van der Waals surface area contributed by atoms with Crippen molar-refractivity contribution < 1.29 is 10.2 Å². The first-order valence-electron chi connectivity index (χ1n) is 6.41. The van der Waals surface area contributed by atoms with Gasteiger partial charge in [0.15, 0.2) is 0 Å². The summed E-state index contributed by atoms with van der Waals surface area (Å²) in [6.45, 7) is 7.83. The van der Waals surface area contributed by atoms with Crippen LogP contribution in [0, 0.1) is 11.3 Å². The first-order chi connectivity index (χ1) is 7.37. The maximum Gasteiger partial charge on any atom is 0.0774 e. The van der Waals surface area contributed by atoms with Crippen LogP contribution in [0.4, 0.5) is 0 Å². The van der Waals surface area contributed by atoms with Crippen molar-refractivity contribution in [1.82, 2.24) is 5.32 Å². The fraction of sp³-hybridized carbons (Fsp3) is 1.00. The van der Waals surface area contributed by atoms with Crippen LogP contribution < -0.4 is 5.32 Å². The molecule has 0 radical (unpaired) electrons. The van der Waals surface area contributed by atoms with Gasteiger partial charge in [0, 0.05) is 25.1 Å². The van der Waals surface area contributed by atoms with Gasteiger partial charge in [-0.15, -0.1) is 0 Å². The summed E-state index contributed by atoms with van der Waals surface area (Å²) in [4.78, 5) is 0. The second-order valence-corrected chi connectivity index (χ2v) is 6.35. The van der Waals surface area contributed by atoms with Crippen molar-refractivity contribution >= 4 is 0 Å². The molecule has 0 aromatic heterocycles. The van der Waals surface area contributed by atoms with E-state index in [2.05, 4.69) is 12.2 Å². The van der Waals surface area contributed by atoms with E-state index < -0.39 is 5.60 Å². The Kier molecular flexibility index (Phi) is 4.77. The average molecular weight is 229 g/mol. The van der Waals surface area contributed by atoms with Gasteiger partial charge in [0.1, 0.15) is 0 Å². The number of aliphatic hydroxyl groups excluding tert-OH is 1. The maximum atomic E-state index is 10.4. The Bertz CT molecular complexity index is 218. The molecular formula is C13H27NO2. The molecule has 3 heteroatoms. The van der Waals surface area contributed by atoms with Gasteiger partial charge in [0.2, 0.25) is 0 Å². The number of nitrogens with one attached hydrogen (secondary N) is 1. The summed E-state index contributed by atoms with van der Waals surface area (Å²) in [5.41, 5.74) is -0.625. The van der Waals surface area contributed by atoms with E-state index in [4.69, 9.17) is 5.11 Å². The maximum absolute atomic E-state index is 10.4. The van der Waals surface area contributed by atoms with E-state index in [1.807, 2.05) is 13.8 Å². The van der Waals surface area contributed by atoms with Gasteiger partial charge >= 0.3 is 0 Å². The SMILES string of the molecule is CC1CCCC(O)(CNCC(C)(C)CO)C1. The zero-order valence-corrected chi connectivity index (χ0v) is 10.9. The summed E-state index contributed by atoms with van der Waals surface area (Å²) in [5.74, 6) is 0.631. The number of rotatable bonds is 5. The third-order valence-electron chi connectivity index (χ3n) is 3.55. The van der Waals surface area contributed by atoms with Crippen molar-refractivity contribution in [3.8, 4) is 0 Å². The fourth-order valence-corrected chi connectivity index (χ4v) is 2.48. The zero-order valence-electron chi connectivity index (χ0n) is 10.9. The molecule has 1 rings (SSSR count). The third-order valence-corrected chi connectivity index (χ3v) is 3.55. The minimum atomic E-state index is -0.525. The molecule has 0 aromatic rings. The Morgan fingerprint density at radius 1 is 1.44 bits per heavy atom. The van der Waals surface area contributed by atoms with E-state index in [0.29, 0.717) is 12.5 Å². The molecule has 0 aliphatic heterocycles. The molecule has 1 aliphatic rings. The average Bonchev–Trinajstić information content (AvgIpc) is 2.16. The van der Waals surface area contributed by atoms with Crippen molar-refractivity contribution in [2.45, 2.75) is 52.1 Å². The smallest absolute Gasteiger partial charge is 0.0774 e. The van der Waals surface area contributed by atoms with Gasteiger partial charge in [-0.05, 0) is 18.8 Å². The first-order valence-corrected chi connectivity index (χ1v) is 6.41. The summed E-state index contributed by atoms with van der Waals surface area (Å²) in [5, 5.41) is 22.8. The summed E-state index contributed by atoms with van der Waals surface area (Å²) in [6.07, 6.45) is 4.18. The monoisotopic (exact) mass is 229 g/mol. The Morgan fingerprint density at radius 3 is 2.69 bits per heavy atom. The second-order valence-electron chi connectivity index (χ2n) is 6.35. The Hall–Kier alpha value is -0.120. The van der Waals surface area contributed by atoms with Crippen molar-refractivity contribution in [2.75, 3.05) is 19.7 Å². The standard InChI is InChI=1S/C13H27NO2/c1-11-5-4-6-13(16,7-11)9-14-8-12(2,3)10-15/h11,14-16H,4-10H2,1-3H3. The van der Waals surface area contributed by atoms with Gasteiger partial charge < -0.3 is 15.5 Å². The molecule has 0 bridgehead atoms. The van der Waals surface area contributed by atoms with Crippen LogP contribution in [0.1, 0.15) is 46.5 Å². The molecule has 0 spiro atoms. The van der Waals surface area contributed by atoms with Crippen LogP contribution in [0.15, 0.2) is 0 Å². The predicted molar refractivity (Wildman–Crippen MR) is 66.3 cm³/mol. The molecule has 0 aromatic carbocycles. The topological polar surface area (TPSA) is 52.5 Å². The molecule has 1 saturated carbocycles. The molecule has 0 saturated heterocycles. The zero-order chi connectivity index (χ0) is 12.2. The van der Waals surface area contributed by atoms with Gasteiger partial charge in [-0.25, -0.2) is 0 Å². The minimum Gasteiger partial charge on any atom is -0.396 e. The second kappa shape index (κ2) is 5.48. The van der Waals surface area contributed by atoms with E-state index in [1.165, 1.54) is 6.42 Å². The molecule has 2 unspecified atom stereocenters. The highest BCUT2D eigenvalue weighted by atomic mass is 16.3. The van der Waals surface area contributed by atoms with Gasteiger partial charge in [-0.3, -0.25) is 0 Å². The van der Waals surface area contributed by atoms with Crippen LogP contribution in [-0.4, -0.2) is 35.5 Å². The molecule has 96 valence electrons. The summed E-state index contributed by atoms with van der Waals surface area (Å²) < 4.78 is 0. The number of hydrogen-bond acceptors (Lipinski definition) is 3. The predicted octanol–water partition coefficient (Wildman–Crippen LogP) is 1.54. The third kappa shape index (κ3) is 4.40. The van der Waals surface area contributed by atoms with E-state index in [-0.39, 0.29) is 12.0 Å². The van der Waals surface area contributed by atoms with Gasteiger partial charge in [0.05, 0.1) is 5.60 Å². The quantitative estimate of drug-likeness (QED) is 0.670. The van der Waals surface area contributed by atoms with Gasteiger partial charge in [-0.2, -0.15) is 0 Å². The lowest BCUT2D eigenvalue weighted by Crippen LogP contribution is -2.46. The van der Waals surface area contributed by atoms with E-state index in [0.717, 1.165) is 25.8 Å². The van der Waals surface area contributed by atoms with Crippen LogP contribution >= 0.6 is 0 Å². The van der Waals surface area contributed by atoms with Crippen molar-refractivity contribution in [3.63, 3.8) is 0 Å². The highest BCUT2D eigenvalue weighted by molar-refractivity contribution is 4.87.